The number of amides is 1. The molecule has 2 aromatic heterocycles. The number of nitrogens with zero attached hydrogens (tertiary/aromatic N) is 2. The van der Waals surface area contributed by atoms with Gasteiger partial charge in [0.25, 0.3) is 0 Å². The van der Waals surface area contributed by atoms with Gasteiger partial charge in [-0.2, -0.15) is 0 Å². The second-order valence-electron chi connectivity index (χ2n) is 4.43. The molecular formula is C14H18N4O. The van der Waals surface area contributed by atoms with Gasteiger partial charge in [0.2, 0.25) is 5.91 Å². The number of pyridine rings is 1. The van der Waals surface area contributed by atoms with E-state index in [4.69, 9.17) is 0 Å². The van der Waals surface area contributed by atoms with Gasteiger partial charge in [-0.05, 0) is 25.0 Å². The molecule has 100 valence electrons. The fourth-order valence-corrected chi connectivity index (χ4v) is 1.84. The molecule has 19 heavy (non-hydrogen) atoms. The quantitative estimate of drug-likeness (QED) is 0.769. The number of aryl methyl sites for hydroxylation is 2. The van der Waals surface area contributed by atoms with E-state index in [-0.39, 0.29) is 5.91 Å². The summed E-state index contributed by atoms with van der Waals surface area (Å²) in [6.45, 7) is 2.62. The third kappa shape index (κ3) is 4.21. The minimum absolute atomic E-state index is 0.0150. The van der Waals surface area contributed by atoms with Crippen molar-refractivity contribution in [3.05, 3.63) is 47.8 Å². The van der Waals surface area contributed by atoms with Crippen LogP contribution in [0, 0.1) is 6.92 Å². The number of nitrogens with one attached hydrogen (secondary N) is 2. The van der Waals surface area contributed by atoms with Crippen LogP contribution in [0.5, 0.6) is 0 Å². The average Bonchev–Trinajstić information content (AvgIpc) is 2.91. The molecule has 0 saturated carbocycles. The minimum atomic E-state index is 0.0150. The molecule has 5 heteroatoms. The normalized spacial score (nSPS) is 10.4. The highest BCUT2D eigenvalue weighted by molar-refractivity contribution is 5.78. The molecule has 0 spiro atoms. The van der Waals surface area contributed by atoms with Gasteiger partial charge in [-0.15, -0.1) is 0 Å². The highest BCUT2D eigenvalue weighted by Crippen LogP contribution is 2.03. The molecule has 0 saturated heterocycles. The molecule has 0 radical (unpaired) electrons. The summed E-state index contributed by atoms with van der Waals surface area (Å²) in [7, 11) is 0. The first-order valence-corrected chi connectivity index (χ1v) is 6.41. The Hall–Kier alpha value is -2.17. The Labute approximate surface area is 112 Å². The van der Waals surface area contributed by atoms with Crippen LogP contribution in [0.15, 0.2) is 30.7 Å². The predicted octanol–water partition coefficient (Wildman–Crippen LogP) is 1.40. The molecule has 2 rings (SSSR count). The summed E-state index contributed by atoms with van der Waals surface area (Å²) in [4.78, 5) is 23.1. The summed E-state index contributed by atoms with van der Waals surface area (Å²) in [5.74, 6) is 0.969. The number of hydrogen-bond donors (Lipinski definition) is 2. The molecule has 0 aliphatic rings. The number of H-pyrrole nitrogens is 1. The fraction of sp³-hybridized carbons (Fsp3) is 0.357. The van der Waals surface area contributed by atoms with E-state index < -0.39 is 0 Å². The highest BCUT2D eigenvalue weighted by Gasteiger charge is 2.06. The van der Waals surface area contributed by atoms with Crippen LogP contribution in [-0.4, -0.2) is 27.4 Å². The van der Waals surface area contributed by atoms with Crippen LogP contribution in [-0.2, 0) is 17.6 Å². The number of carbonyl (C=O) groups is 1. The maximum atomic E-state index is 11.8. The SMILES string of the molecule is Cc1cccnc1CC(=O)NCCCc1ncc[nH]1. The molecule has 0 aromatic carbocycles. The summed E-state index contributed by atoms with van der Waals surface area (Å²) < 4.78 is 0. The Kier molecular flexibility index (Phi) is 4.66. The average molecular weight is 258 g/mol. The summed E-state index contributed by atoms with van der Waals surface area (Å²) in [6.07, 6.45) is 7.31. The van der Waals surface area contributed by atoms with Crippen LogP contribution in [0.2, 0.25) is 0 Å². The van der Waals surface area contributed by atoms with Gasteiger partial charge in [-0.25, -0.2) is 4.98 Å². The number of imidazole rings is 1. The first-order valence-electron chi connectivity index (χ1n) is 6.41. The number of aromatic amines is 1. The summed E-state index contributed by atoms with van der Waals surface area (Å²) >= 11 is 0. The fourth-order valence-electron chi connectivity index (χ4n) is 1.84. The smallest absolute Gasteiger partial charge is 0.226 e. The van der Waals surface area contributed by atoms with Crippen molar-refractivity contribution in [3.8, 4) is 0 Å². The van der Waals surface area contributed by atoms with Crippen LogP contribution in [0.3, 0.4) is 0 Å². The van der Waals surface area contributed by atoms with Gasteiger partial charge >= 0.3 is 0 Å². The van der Waals surface area contributed by atoms with Crippen molar-refractivity contribution in [2.24, 2.45) is 0 Å². The van der Waals surface area contributed by atoms with E-state index in [1.807, 2.05) is 19.1 Å². The van der Waals surface area contributed by atoms with Gasteiger partial charge in [0.1, 0.15) is 5.82 Å². The first-order chi connectivity index (χ1) is 9.25. The predicted molar refractivity (Wildman–Crippen MR) is 72.6 cm³/mol. The number of carbonyl (C=O) groups excluding carboxylic acids is 1. The molecule has 5 nitrogen and oxygen atoms in total. The van der Waals surface area contributed by atoms with Crippen LogP contribution >= 0.6 is 0 Å². The van der Waals surface area contributed by atoms with Crippen LogP contribution in [0.25, 0.3) is 0 Å². The second-order valence-corrected chi connectivity index (χ2v) is 4.43. The van der Waals surface area contributed by atoms with E-state index in [1.165, 1.54) is 0 Å². The molecular weight excluding hydrogens is 240 g/mol. The first kappa shape index (κ1) is 13.3. The van der Waals surface area contributed by atoms with Crippen molar-refractivity contribution >= 4 is 5.91 Å². The lowest BCUT2D eigenvalue weighted by Gasteiger charge is -2.06. The molecule has 0 aliphatic heterocycles. The van der Waals surface area contributed by atoms with Crippen LogP contribution in [0.1, 0.15) is 23.5 Å². The van der Waals surface area contributed by atoms with Gasteiger partial charge in [0, 0.05) is 31.6 Å². The van der Waals surface area contributed by atoms with E-state index in [2.05, 4.69) is 20.3 Å². The molecule has 1 amide bonds. The molecule has 2 aromatic rings. The Morgan fingerprint density at radius 1 is 1.37 bits per heavy atom. The van der Waals surface area contributed by atoms with Crippen LogP contribution < -0.4 is 5.32 Å². The maximum Gasteiger partial charge on any atom is 0.226 e. The number of hydrogen-bond acceptors (Lipinski definition) is 3. The van der Waals surface area contributed by atoms with Crippen molar-refractivity contribution in [1.29, 1.82) is 0 Å². The second kappa shape index (κ2) is 6.68. The van der Waals surface area contributed by atoms with Gasteiger partial charge in [0.15, 0.2) is 0 Å². The summed E-state index contributed by atoms with van der Waals surface area (Å²) in [6, 6.07) is 3.84. The third-order valence-corrected chi connectivity index (χ3v) is 2.91. The Balaban J connectivity index is 1.69. The van der Waals surface area contributed by atoms with Gasteiger partial charge in [-0.3, -0.25) is 9.78 Å². The largest absolute Gasteiger partial charge is 0.356 e. The van der Waals surface area contributed by atoms with Crippen molar-refractivity contribution in [1.82, 2.24) is 20.3 Å². The Morgan fingerprint density at radius 2 is 2.26 bits per heavy atom. The number of aromatic nitrogens is 3. The van der Waals surface area contributed by atoms with E-state index in [0.717, 1.165) is 29.9 Å². The molecule has 2 heterocycles. The van der Waals surface area contributed by atoms with Gasteiger partial charge < -0.3 is 10.3 Å². The van der Waals surface area contributed by atoms with E-state index in [9.17, 15) is 4.79 Å². The third-order valence-electron chi connectivity index (χ3n) is 2.91. The Morgan fingerprint density at radius 3 is 3.00 bits per heavy atom. The standard InChI is InChI=1S/C14H18N4O/c1-11-4-2-6-15-12(11)10-14(19)18-7-3-5-13-16-8-9-17-13/h2,4,6,8-9H,3,5,7,10H2,1H3,(H,16,17)(H,18,19). The zero-order valence-corrected chi connectivity index (χ0v) is 11.0. The van der Waals surface area contributed by atoms with Gasteiger partial charge in [0.05, 0.1) is 12.1 Å². The van der Waals surface area contributed by atoms with Crippen molar-refractivity contribution in [2.45, 2.75) is 26.2 Å². The molecule has 0 fully saturated rings. The molecule has 0 unspecified atom stereocenters. The lowest BCUT2D eigenvalue weighted by molar-refractivity contribution is -0.120. The maximum absolute atomic E-state index is 11.8. The van der Waals surface area contributed by atoms with Crippen molar-refractivity contribution in [3.63, 3.8) is 0 Å². The van der Waals surface area contributed by atoms with Gasteiger partial charge in [-0.1, -0.05) is 6.07 Å². The molecule has 0 aliphatic carbocycles. The zero-order chi connectivity index (χ0) is 13.5. The minimum Gasteiger partial charge on any atom is -0.356 e. The number of rotatable bonds is 6. The van der Waals surface area contributed by atoms with Crippen molar-refractivity contribution < 1.29 is 4.79 Å². The highest BCUT2D eigenvalue weighted by atomic mass is 16.1. The summed E-state index contributed by atoms with van der Waals surface area (Å²) in [5.41, 5.74) is 1.89. The van der Waals surface area contributed by atoms with E-state index in [1.54, 1.807) is 18.6 Å². The molecule has 0 bridgehead atoms. The Bertz CT molecular complexity index is 522. The molecule has 2 N–H and O–H groups in total. The van der Waals surface area contributed by atoms with Crippen LogP contribution in [0.4, 0.5) is 0 Å². The summed E-state index contributed by atoms with van der Waals surface area (Å²) in [5, 5.41) is 2.90. The van der Waals surface area contributed by atoms with E-state index >= 15 is 0 Å². The lowest BCUT2D eigenvalue weighted by atomic mass is 10.1. The van der Waals surface area contributed by atoms with E-state index in [0.29, 0.717) is 13.0 Å². The zero-order valence-electron chi connectivity index (χ0n) is 11.0. The topological polar surface area (TPSA) is 70.7 Å². The molecule has 0 atom stereocenters. The monoisotopic (exact) mass is 258 g/mol. The van der Waals surface area contributed by atoms with Crippen molar-refractivity contribution in [2.75, 3.05) is 6.54 Å². The lowest BCUT2D eigenvalue weighted by Crippen LogP contribution is -2.27.